The number of benzene rings is 3. The first-order valence-corrected chi connectivity index (χ1v) is 12.3. The number of rotatable bonds is 8. The van der Waals surface area contributed by atoms with Gasteiger partial charge in [-0.2, -0.15) is 0 Å². The van der Waals surface area contributed by atoms with E-state index in [-0.39, 0.29) is 17.3 Å². The zero-order valence-corrected chi connectivity index (χ0v) is 21.8. The molecule has 0 aromatic heterocycles. The van der Waals surface area contributed by atoms with Gasteiger partial charge in [-0.3, -0.25) is 14.4 Å². The van der Waals surface area contributed by atoms with Crippen molar-refractivity contribution in [3.8, 4) is 11.5 Å². The summed E-state index contributed by atoms with van der Waals surface area (Å²) in [5, 5.41) is 2.83. The maximum Gasteiger partial charge on any atom is 0.261 e. The van der Waals surface area contributed by atoms with Crippen molar-refractivity contribution in [3.63, 3.8) is 0 Å². The van der Waals surface area contributed by atoms with Crippen LogP contribution in [-0.4, -0.2) is 62.9 Å². The summed E-state index contributed by atoms with van der Waals surface area (Å²) in [6.07, 6.45) is 1.55. The number of piperazine rings is 1. The number of nitrogens with one attached hydrogen (secondary N) is 1. The number of nitrogens with zero attached hydrogens (tertiary/aromatic N) is 2. The molecular weight excluding hydrogens is 482 g/mol. The lowest BCUT2D eigenvalue weighted by atomic mass is 10.1. The largest absolute Gasteiger partial charge is 0.497 e. The second-order valence-electron chi connectivity index (χ2n) is 8.87. The van der Waals surface area contributed by atoms with Gasteiger partial charge in [0.1, 0.15) is 17.1 Å². The van der Waals surface area contributed by atoms with E-state index < -0.39 is 5.91 Å². The summed E-state index contributed by atoms with van der Waals surface area (Å²) in [5.74, 6) is 0.245. The molecule has 8 nitrogen and oxygen atoms in total. The highest BCUT2D eigenvalue weighted by Crippen LogP contribution is 2.27. The number of hydrogen-bond donors (Lipinski definition) is 1. The minimum Gasteiger partial charge on any atom is -0.497 e. The van der Waals surface area contributed by atoms with Gasteiger partial charge in [0.05, 0.1) is 14.2 Å². The average molecular weight is 514 g/mol. The highest BCUT2D eigenvalue weighted by molar-refractivity contribution is 6.25. The summed E-state index contributed by atoms with van der Waals surface area (Å²) in [6, 6.07) is 21.7. The van der Waals surface area contributed by atoms with E-state index in [4.69, 9.17) is 9.47 Å². The third-order valence-electron chi connectivity index (χ3n) is 6.45. The molecular formula is C30H31N3O5. The van der Waals surface area contributed by atoms with E-state index in [0.717, 1.165) is 5.69 Å². The molecule has 3 aromatic carbocycles. The van der Waals surface area contributed by atoms with Crippen LogP contribution in [0, 0.1) is 0 Å². The van der Waals surface area contributed by atoms with Crippen molar-refractivity contribution in [1.29, 1.82) is 0 Å². The van der Waals surface area contributed by atoms with Crippen LogP contribution in [-0.2, 0) is 9.59 Å². The Kier molecular flexibility index (Phi) is 8.43. The minimum atomic E-state index is -0.506. The first kappa shape index (κ1) is 26.5. The van der Waals surface area contributed by atoms with Gasteiger partial charge in [-0.25, -0.2) is 0 Å². The van der Waals surface area contributed by atoms with Crippen LogP contribution in [0.15, 0.2) is 78.4 Å². The summed E-state index contributed by atoms with van der Waals surface area (Å²) < 4.78 is 10.8. The normalized spacial score (nSPS) is 13.6. The highest BCUT2D eigenvalue weighted by Gasteiger charge is 2.28. The summed E-state index contributed by atoms with van der Waals surface area (Å²) in [4.78, 5) is 42.5. The van der Waals surface area contributed by atoms with Crippen LogP contribution in [0.4, 0.5) is 11.4 Å². The molecule has 0 aliphatic carbocycles. The molecule has 1 aliphatic heterocycles. The van der Waals surface area contributed by atoms with Gasteiger partial charge in [0.2, 0.25) is 0 Å². The van der Waals surface area contributed by atoms with E-state index in [1.165, 1.54) is 7.11 Å². The monoisotopic (exact) mass is 513 g/mol. The molecule has 1 fully saturated rings. The Morgan fingerprint density at radius 1 is 0.842 bits per heavy atom. The van der Waals surface area contributed by atoms with Gasteiger partial charge in [0.25, 0.3) is 11.8 Å². The molecule has 0 atom stereocenters. The third kappa shape index (κ3) is 6.21. The number of ketones is 1. The second kappa shape index (κ2) is 12.1. The molecule has 1 aliphatic rings. The number of ether oxygens (including phenoxy) is 2. The van der Waals surface area contributed by atoms with Crippen LogP contribution < -0.4 is 19.7 Å². The van der Waals surface area contributed by atoms with E-state index in [1.807, 2.05) is 42.5 Å². The molecule has 1 saturated heterocycles. The maximum atomic E-state index is 13.7. The van der Waals surface area contributed by atoms with Crippen molar-refractivity contribution >= 4 is 35.0 Å². The second-order valence-corrected chi connectivity index (χ2v) is 8.87. The summed E-state index contributed by atoms with van der Waals surface area (Å²) in [5.41, 5.74) is 2.80. The number of methoxy groups -OCH3 is 2. The van der Waals surface area contributed by atoms with Crippen molar-refractivity contribution in [3.05, 3.63) is 89.5 Å². The first-order chi connectivity index (χ1) is 18.4. The minimum absolute atomic E-state index is 0.000308. The number of carbonyl (C=O) groups is 3. The quantitative estimate of drug-likeness (QED) is 0.209. The number of Topliss-reactive ketones (excluding diaryl/α,β-unsaturated/α-hetero) is 1. The summed E-state index contributed by atoms with van der Waals surface area (Å²) in [6.45, 7) is 3.62. The molecule has 0 bridgehead atoms. The molecule has 0 radical (unpaired) electrons. The predicted molar refractivity (Wildman–Crippen MR) is 148 cm³/mol. The lowest BCUT2D eigenvalue weighted by Gasteiger charge is -2.36. The fourth-order valence-electron chi connectivity index (χ4n) is 4.30. The van der Waals surface area contributed by atoms with Crippen molar-refractivity contribution in [1.82, 2.24) is 4.90 Å². The van der Waals surface area contributed by atoms with Crippen LogP contribution in [0.5, 0.6) is 11.5 Å². The molecule has 2 amide bonds. The first-order valence-electron chi connectivity index (χ1n) is 12.3. The van der Waals surface area contributed by atoms with Gasteiger partial charge in [-0.05, 0) is 67.6 Å². The molecule has 8 heteroatoms. The number of carbonyl (C=O) groups excluding carboxylic acids is 3. The van der Waals surface area contributed by atoms with E-state index in [0.29, 0.717) is 54.5 Å². The lowest BCUT2D eigenvalue weighted by molar-refractivity contribution is -0.129. The molecule has 38 heavy (non-hydrogen) atoms. The molecule has 196 valence electrons. The topological polar surface area (TPSA) is 88.2 Å². The molecule has 3 aromatic rings. The van der Waals surface area contributed by atoms with Gasteiger partial charge in [0, 0.05) is 48.7 Å². The van der Waals surface area contributed by atoms with Crippen molar-refractivity contribution in [2.24, 2.45) is 0 Å². The Bertz CT molecular complexity index is 1330. The molecule has 1 N–H and O–H groups in total. The average Bonchev–Trinajstić information content (AvgIpc) is 2.96. The van der Waals surface area contributed by atoms with Crippen molar-refractivity contribution in [2.75, 3.05) is 50.6 Å². The Morgan fingerprint density at radius 3 is 2.13 bits per heavy atom. The molecule has 4 rings (SSSR count). The van der Waals surface area contributed by atoms with E-state index in [1.54, 1.807) is 55.3 Å². The van der Waals surface area contributed by atoms with Crippen molar-refractivity contribution < 1.29 is 23.9 Å². The lowest BCUT2D eigenvalue weighted by Crippen LogP contribution is -2.50. The highest BCUT2D eigenvalue weighted by atomic mass is 16.5. The number of anilines is 2. The van der Waals surface area contributed by atoms with Crippen LogP contribution in [0.25, 0.3) is 6.08 Å². The van der Waals surface area contributed by atoms with E-state index in [9.17, 15) is 14.4 Å². The summed E-state index contributed by atoms with van der Waals surface area (Å²) in [7, 11) is 3.09. The van der Waals surface area contributed by atoms with Crippen LogP contribution in [0.2, 0.25) is 0 Å². The van der Waals surface area contributed by atoms with Gasteiger partial charge < -0.3 is 24.6 Å². The smallest absolute Gasteiger partial charge is 0.261 e. The van der Waals surface area contributed by atoms with Gasteiger partial charge in [0.15, 0.2) is 5.78 Å². The molecule has 1 heterocycles. The predicted octanol–water partition coefficient (Wildman–Crippen LogP) is 4.28. The Balaban J connectivity index is 1.57. The Morgan fingerprint density at radius 2 is 1.53 bits per heavy atom. The van der Waals surface area contributed by atoms with Crippen LogP contribution in [0.1, 0.15) is 22.8 Å². The van der Waals surface area contributed by atoms with Gasteiger partial charge >= 0.3 is 0 Å². The standard InChI is InChI=1S/C30H31N3O5/c1-21(34)22-9-11-25(12-10-22)32-15-17-33(18-16-32)30(36)27(29(35)31-24-7-5-4-6-8-24)20-23-19-26(37-2)13-14-28(23)38-3/h4-14,19-20H,15-18H2,1-3H3,(H,31,35). The number of para-hydroxylation sites is 1. The fraction of sp³-hybridized carbons (Fsp3) is 0.233. The van der Waals surface area contributed by atoms with E-state index in [2.05, 4.69) is 10.2 Å². The Hall–Kier alpha value is -4.59. The van der Waals surface area contributed by atoms with Crippen molar-refractivity contribution in [2.45, 2.75) is 6.92 Å². The third-order valence-corrected chi connectivity index (χ3v) is 6.45. The zero-order valence-electron chi connectivity index (χ0n) is 21.8. The molecule has 0 unspecified atom stereocenters. The van der Waals surface area contributed by atoms with Crippen LogP contribution in [0.3, 0.4) is 0 Å². The summed E-state index contributed by atoms with van der Waals surface area (Å²) >= 11 is 0. The van der Waals surface area contributed by atoms with Crippen LogP contribution >= 0.6 is 0 Å². The fourth-order valence-corrected chi connectivity index (χ4v) is 4.30. The van der Waals surface area contributed by atoms with Gasteiger partial charge in [-0.15, -0.1) is 0 Å². The number of hydrogen-bond acceptors (Lipinski definition) is 6. The number of amides is 2. The molecule has 0 spiro atoms. The SMILES string of the molecule is COc1ccc(OC)c(C=C(C(=O)Nc2ccccc2)C(=O)N2CCN(c3ccc(C(C)=O)cc3)CC2)c1. The maximum absolute atomic E-state index is 13.7. The van der Waals surface area contributed by atoms with Gasteiger partial charge in [-0.1, -0.05) is 18.2 Å². The zero-order chi connectivity index (χ0) is 27.1. The molecule has 0 saturated carbocycles. The van der Waals surface area contributed by atoms with E-state index >= 15 is 0 Å². The Labute approximate surface area is 222 Å².